The van der Waals surface area contributed by atoms with Crippen LogP contribution in [0.15, 0.2) is 0 Å². The number of aliphatic hydroxyl groups excluding tert-OH is 1. The van der Waals surface area contributed by atoms with Gasteiger partial charge in [-0.25, -0.2) is 0 Å². The van der Waals surface area contributed by atoms with Crippen molar-refractivity contribution in [3.8, 4) is 0 Å². The van der Waals surface area contributed by atoms with Crippen LogP contribution in [0.2, 0.25) is 0 Å². The molecule has 2 rings (SSSR count). The Hall–Kier alpha value is -0.940. The number of rotatable bonds is 2. The molecule has 84 valence electrons. The monoisotopic (exact) mass is 212 g/mol. The minimum atomic E-state index is -0.178. The molecule has 0 unspecified atom stereocenters. The Labute approximate surface area is 88.6 Å². The fourth-order valence-corrected chi connectivity index (χ4v) is 2.52. The number of likely N-dealkylation sites (tertiary alicyclic amines) is 2. The fraction of sp³-hybridized carbons (Fsp3) is 0.800. The topological polar surface area (TPSA) is 60.9 Å². The van der Waals surface area contributed by atoms with Gasteiger partial charge in [0.1, 0.15) is 0 Å². The van der Waals surface area contributed by atoms with Gasteiger partial charge >= 0.3 is 0 Å². The molecule has 5 heteroatoms. The summed E-state index contributed by atoms with van der Waals surface area (Å²) in [6, 6.07) is 0. The highest BCUT2D eigenvalue weighted by molar-refractivity contribution is 6.05. The van der Waals surface area contributed by atoms with E-state index >= 15 is 0 Å². The van der Waals surface area contributed by atoms with Gasteiger partial charge in [0, 0.05) is 20.1 Å². The van der Waals surface area contributed by atoms with Crippen LogP contribution in [-0.2, 0) is 9.59 Å². The van der Waals surface area contributed by atoms with Crippen molar-refractivity contribution in [1.82, 2.24) is 9.80 Å². The SMILES string of the molecule is CN1C(=O)[C@H]2CN(CCO)CC[C@H]2C1=O. The van der Waals surface area contributed by atoms with Crippen molar-refractivity contribution in [3.05, 3.63) is 0 Å². The Balaban J connectivity index is 2.08. The minimum absolute atomic E-state index is 0.0337. The molecule has 15 heavy (non-hydrogen) atoms. The van der Waals surface area contributed by atoms with Crippen LogP contribution in [0.5, 0.6) is 0 Å². The quantitative estimate of drug-likeness (QED) is 0.591. The molecule has 0 aromatic heterocycles. The van der Waals surface area contributed by atoms with Crippen LogP contribution in [-0.4, -0.2) is 60.0 Å². The number of carbonyl (C=O) groups is 2. The molecule has 0 bridgehead atoms. The first-order valence-electron chi connectivity index (χ1n) is 5.29. The second-order valence-electron chi connectivity index (χ2n) is 4.26. The Morgan fingerprint density at radius 1 is 1.33 bits per heavy atom. The summed E-state index contributed by atoms with van der Waals surface area (Å²) in [5, 5.41) is 8.82. The molecule has 0 radical (unpaired) electrons. The maximum absolute atomic E-state index is 11.7. The van der Waals surface area contributed by atoms with Crippen molar-refractivity contribution >= 4 is 11.8 Å². The average Bonchev–Trinajstić information content (AvgIpc) is 2.45. The third kappa shape index (κ3) is 1.66. The van der Waals surface area contributed by atoms with Gasteiger partial charge in [-0.2, -0.15) is 0 Å². The highest BCUT2D eigenvalue weighted by Crippen LogP contribution is 2.32. The number of hydrogen-bond donors (Lipinski definition) is 1. The van der Waals surface area contributed by atoms with Gasteiger partial charge in [0.25, 0.3) is 0 Å². The summed E-state index contributed by atoms with van der Waals surface area (Å²) in [6.07, 6.45) is 0.736. The molecule has 2 aliphatic rings. The molecule has 2 fully saturated rings. The summed E-state index contributed by atoms with van der Waals surface area (Å²) in [5.41, 5.74) is 0. The van der Waals surface area contributed by atoms with E-state index in [1.165, 1.54) is 4.90 Å². The van der Waals surface area contributed by atoms with Crippen molar-refractivity contribution in [3.63, 3.8) is 0 Å². The Kier molecular flexibility index (Phi) is 2.75. The van der Waals surface area contributed by atoms with E-state index in [9.17, 15) is 9.59 Å². The van der Waals surface area contributed by atoms with E-state index in [-0.39, 0.29) is 30.3 Å². The first kappa shape index (κ1) is 10.6. The molecule has 5 nitrogen and oxygen atoms in total. The largest absolute Gasteiger partial charge is 0.395 e. The molecule has 0 aromatic rings. The van der Waals surface area contributed by atoms with Gasteiger partial charge in [0.15, 0.2) is 0 Å². The zero-order chi connectivity index (χ0) is 11.0. The summed E-state index contributed by atoms with van der Waals surface area (Å²) in [7, 11) is 1.55. The lowest BCUT2D eigenvalue weighted by atomic mass is 9.88. The van der Waals surface area contributed by atoms with E-state index in [1.807, 2.05) is 4.90 Å². The molecule has 0 aliphatic carbocycles. The standard InChI is InChI=1S/C10H16N2O3/c1-11-9(14)7-2-3-12(4-5-13)6-8(7)10(11)15/h7-8,13H,2-6H2,1H3/t7-,8+/m1/s1. The molecule has 2 atom stereocenters. The van der Waals surface area contributed by atoms with Crippen LogP contribution in [0.1, 0.15) is 6.42 Å². The third-order valence-corrected chi connectivity index (χ3v) is 3.41. The van der Waals surface area contributed by atoms with Crippen molar-refractivity contribution in [1.29, 1.82) is 0 Å². The Morgan fingerprint density at radius 2 is 2.00 bits per heavy atom. The Bertz CT molecular complexity index is 292. The minimum Gasteiger partial charge on any atom is -0.395 e. The number of piperidine rings is 1. The molecule has 0 saturated carbocycles. The third-order valence-electron chi connectivity index (χ3n) is 3.41. The van der Waals surface area contributed by atoms with Crippen LogP contribution < -0.4 is 0 Å². The number of imide groups is 1. The molecule has 2 amide bonds. The number of aliphatic hydroxyl groups is 1. The van der Waals surface area contributed by atoms with Crippen LogP contribution in [0, 0.1) is 11.8 Å². The maximum Gasteiger partial charge on any atom is 0.234 e. The first-order chi connectivity index (χ1) is 7.15. The molecule has 0 spiro atoms. The van der Waals surface area contributed by atoms with Crippen LogP contribution in [0.3, 0.4) is 0 Å². The van der Waals surface area contributed by atoms with E-state index in [0.29, 0.717) is 13.1 Å². The summed E-state index contributed by atoms with van der Waals surface area (Å²) < 4.78 is 0. The van der Waals surface area contributed by atoms with Crippen LogP contribution in [0.4, 0.5) is 0 Å². The molecular formula is C10H16N2O3. The zero-order valence-corrected chi connectivity index (χ0v) is 8.85. The van der Waals surface area contributed by atoms with E-state index in [2.05, 4.69) is 0 Å². The molecule has 0 aromatic carbocycles. The second kappa shape index (κ2) is 3.90. The highest BCUT2D eigenvalue weighted by Gasteiger charge is 2.47. The van der Waals surface area contributed by atoms with Crippen LogP contribution >= 0.6 is 0 Å². The predicted octanol–water partition coefficient (Wildman–Crippen LogP) is -1.08. The van der Waals surface area contributed by atoms with E-state index < -0.39 is 0 Å². The number of hydrogen-bond acceptors (Lipinski definition) is 4. The number of nitrogens with zero attached hydrogens (tertiary/aromatic N) is 2. The van der Waals surface area contributed by atoms with Crippen molar-refractivity contribution in [2.24, 2.45) is 11.8 Å². The van der Waals surface area contributed by atoms with E-state index in [1.54, 1.807) is 7.05 Å². The van der Waals surface area contributed by atoms with Crippen LogP contribution in [0.25, 0.3) is 0 Å². The zero-order valence-electron chi connectivity index (χ0n) is 8.85. The highest BCUT2D eigenvalue weighted by atomic mass is 16.3. The van der Waals surface area contributed by atoms with Crippen molar-refractivity contribution < 1.29 is 14.7 Å². The van der Waals surface area contributed by atoms with E-state index in [0.717, 1.165) is 13.0 Å². The van der Waals surface area contributed by atoms with Gasteiger partial charge in [0.2, 0.25) is 11.8 Å². The van der Waals surface area contributed by atoms with Crippen molar-refractivity contribution in [2.45, 2.75) is 6.42 Å². The second-order valence-corrected chi connectivity index (χ2v) is 4.26. The summed E-state index contributed by atoms with van der Waals surface area (Å²) in [4.78, 5) is 26.7. The number of fused-ring (bicyclic) bond motifs is 1. The predicted molar refractivity (Wildman–Crippen MR) is 52.9 cm³/mol. The first-order valence-corrected chi connectivity index (χ1v) is 5.29. The molecule has 2 aliphatic heterocycles. The van der Waals surface area contributed by atoms with Gasteiger partial charge in [-0.1, -0.05) is 0 Å². The smallest absolute Gasteiger partial charge is 0.234 e. The number of β-amino-alcohol motifs (C(OH)–C–C–N with tert-alkyl or cyclic N) is 1. The van der Waals surface area contributed by atoms with Gasteiger partial charge in [-0.15, -0.1) is 0 Å². The lowest BCUT2D eigenvalue weighted by Crippen LogP contribution is -2.42. The fourth-order valence-electron chi connectivity index (χ4n) is 2.52. The number of carbonyl (C=O) groups excluding carboxylic acids is 2. The van der Waals surface area contributed by atoms with Gasteiger partial charge in [-0.3, -0.25) is 14.5 Å². The summed E-state index contributed by atoms with van der Waals surface area (Å²) in [6.45, 7) is 2.11. The van der Waals surface area contributed by atoms with Gasteiger partial charge in [0.05, 0.1) is 18.4 Å². The maximum atomic E-state index is 11.7. The normalized spacial score (nSPS) is 32.3. The summed E-state index contributed by atoms with van der Waals surface area (Å²) in [5.74, 6) is -0.387. The lowest BCUT2D eigenvalue weighted by Gasteiger charge is -2.31. The Morgan fingerprint density at radius 3 is 2.67 bits per heavy atom. The lowest BCUT2D eigenvalue weighted by molar-refractivity contribution is -0.138. The molecular weight excluding hydrogens is 196 g/mol. The van der Waals surface area contributed by atoms with Crippen molar-refractivity contribution in [2.75, 3.05) is 33.3 Å². The van der Waals surface area contributed by atoms with Gasteiger partial charge < -0.3 is 10.0 Å². The molecule has 2 heterocycles. The average molecular weight is 212 g/mol. The molecule has 2 saturated heterocycles. The van der Waals surface area contributed by atoms with E-state index in [4.69, 9.17) is 5.11 Å². The molecule has 1 N–H and O–H groups in total. The van der Waals surface area contributed by atoms with Gasteiger partial charge in [-0.05, 0) is 13.0 Å². The number of amides is 2. The summed E-state index contributed by atoms with van der Waals surface area (Å²) >= 11 is 0.